The van der Waals surface area contributed by atoms with Gasteiger partial charge in [0.2, 0.25) is 5.91 Å². The molecule has 0 radical (unpaired) electrons. The summed E-state index contributed by atoms with van der Waals surface area (Å²) in [5.74, 6) is 0.0644. The molecule has 108 valence electrons. The van der Waals surface area contributed by atoms with Crippen molar-refractivity contribution in [2.75, 3.05) is 19.7 Å². The monoisotopic (exact) mass is 276 g/mol. The van der Waals surface area contributed by atoms with E-state index in [4.69, 9.17) is 4.74 Å². The van der Waals surface area contributed by atoms with E-state index in [1.165, 1.54) is 0 Å². The van der Waals surface area contributed by atoms with Crippen LogP contribution in [0.3, 0.4) is 0 Å². The molecule has 1 aromatic heterocycles. The molecule has 3 rings (SSSR count). The minimum Gasteiger partial charge on any atom is -0.377 e. The van der Waals surface area contributed by atoms with Crippen LogP contribution in [-0.4, -0.2) is 41.7 Å². The number of piperidine rings is 1. The van der Waals surface area contributed by atoms with Crippen LogP contribution < -0.4 is 10.6 Å². The van der Waals surface area contributed by atoms with Crippen LogP contribution in [0.5, 0.6) is 0 Å². The Hall–Kier alpha value is -1.53. The summed E-state index contributed by atoms with van der Waals surface area (Å²) >= 11 is 0. The van der Waals surface area contributed by atoms with E-state index in [0.29, 0.717) is 19.7 Å². The summed E-state index contributed by atoms with van der Waals surface area (Å²) < 4.78 is 5.72. The second-order valence-corrected chi connectivity index (χ2v) is 5.56. The largest absolute Gasteiger partial charge is 0.377 e. The zero-order valence-electron chi connectivity index (χ0n) is 11.7. The molecule has 1 amide bonds. The van der Waals surface area contributed by atoms with Gasteiger partial charge in [0.05, 0.1) is 35.6 Å². The van der Waals surface area contributed by atoms with Crippen LogP contribution >= 0.6 is 0 Å². The van der Waals surface area contributed by atoms with Gasteiger partial charge in [0.15, 0.2) is 0 Å². The molecule has 2 aliphatic rings. The highest BCUT2D eigenvalue weighted by Gasteiger charge is 2.51. The highest BCUT2D eigenvalue weighted by Crippen LogP contribution is 2.38. The van der Waals surface area contributed by atoms with Crippen LogP contribution in [0.1, 0.15) is 24.2 Å². The van der Waals surface area contributed by atoms with Gasteiger partial charge in [-0.15, -0.1) is 0 Å². The summed E-state index contributed by atoms with van der Waals surface area (Å²) in [7, 11) is 0. The van der Waals surface area contributed by atoms with Crippen molar-refractivity contribution in [2.24, 2.45) is 5.41 Å². The van der Waals surface area contributed by atoms with E-state index < -0.39 is 5.41 Å². The Morgan fingerprint density at radius 2 is 2.45 bits per heavy atom. The van der Waals surface area contributed by atoms with Crippen LogP contribution in [0, 0.1) is 12.3 Å². The van der Waals surface area contributed by atoms with E-state index in [1.807, 2.05) is 6.92 Å². The molecule has 2 fully saturated rings. The number of carbonyl (C=O) groups is 1. The lowest BCUT2D eigenvalue weighted by atomic mass is 9.76. The predicted octanol–water partition coefficient (Wildman–Crippen LogP) is 0.170. The van der Waals surface area contributed by atoms with Gasteiger partial charge in [-0.1, -0.05) is 0 Å². The number of rotatable bonds is 3. The smallest absolute Gasteiger partial charge is 0.230 e. The molecule has 1 aromatic rings. The molecule has 2 N–H and O–H groups in total. The number of ether oxygens (including phenoxy) is 1. The molecule has 6 heteroatoms. The van der Waals surface area contributed by atoms with Crippen molar-refractivity contribution in [1.29, 1.82) is 0 Å². The second-order valence-electron chi connectivity index (χ2n) is 5.56. The van der Waals surface area contributed by atoms with Crippen molar-refractivity contribution in [1.82, 2.24) is 20.6 Å². The molecular weight excluding hydrogens is 256 g/mol. The Labute approximate surface area is 118 Å². The van der Waals surface area contributed by atoms with Crippen molar-refractivity contribution in [2.45, 2.75) is 32.4 Å². The number of hydrogen-bond acceptors (Lipinski definition) is 5. The summed E-state index contributed by atoms with van der Waals surface area (Å²) in [6, 6.07) is 0. The molecular formula is C14H20N4O2. The fraction of sp³-hybridized carbons (Fsp3) is 0.643. The lowest BCUT2D eigenvalue weighted by Gasteiger charge is -2.36. The molecule has 3 heterocycles. The van der Waals surface area contributed by atoms with Crippen LogP contribution in [0.2, 0.25) is 0 Å². The van der Waals surface area contributed by atoms with Crippen molar-refractivity contribution in [3.63, 3.8) is 0 Å². The Morgan fingerprint density at radius 1 is 1.55 bits per heavy atom. The topological polar surface area (TPSA) is 76.1 Å². The number of fused-ring (bicyclic) bond motifs is 1. The van der Waals surface area contributed by atoms with Crippen molar-refractivity contribution >= 4 is 5.91 Å². The minimum absolute atomic E-state index is 0.0489. The van der Waals surface area contributed by atoms with Gasteiger partial charge >= 0.3 is 0 Å². The van der Waals surface area contributed by atoms with Crippen molar-refractivity contribution < 1.29 is 9.53 Å². The molecule has 0 aromatic carbocycles. The highest BCUT2D eigenvalue weighted by atomic mass is 16.5. The summed E-state index contributed by atoms with van der Waals surface area (Å²) in [4.78, 5) is 21.0. The van der Waals surface area contributed by atoms with Crippen molar-refractivity contribution in [3.8, 4) is 0 Å². The summed E-state index contributed by atoms with van der Waals surface area (Å²) in [6.45, 7) is 4.60. The lowest BCUT2D eigenvalue weighted by Crippen LogP contribution is -2.55. The van der Waals surface area contributed by atoms with Gasteiger partial charge in [0.25, 0.3) is 0 Å². The van der Waals surface area contributed by atoms with E-state index in [9.17, 15) is 4.79 Å². The zero-order chi connectivity index (χ0) is 14.0. The molecule has 0 spiro atoms. The highest BCUT2D eigenvalue weighted by molar-refractivity contribution is 5.84. The molecule has 20 heavy (non-hydrogen) atoms. The van der Waals surface area contributed by atoms with Gasteiger partial charge in [-0.3, -0.25) is 14.8 Å². The Balaban J connectivity index is 1.65. The molecule has 2 atom stereocenters. The standard InChI is InChI=1S/C14H20N4O2/c1-10-6-17-11(7-16-10)8-18-13(19)14-3-5-20-12(14)2-4-15-9-14/h6-7,12,15H,2-5,8-9H2,1H3,(H,18,19)/t12-,14-/m1/s1. The number of aromatic nitrogens is 2. The Bertz CT molecular complexity index is 490. The average Bonchev–Trinajstić information content (AvgIpc) is 2.91. The summed E-state index contributed by atoms with van der Waals surface area (Å²) in [5, 5.41) is 6.30. The van der Waals surface area contributed by atoms with Crippen molar-refractivity contribution in [3.05, 3.63) is 23.8 Å². The average molecular weight is 276 g/mol. The fourth-order valence-electron chi connectivity index (χ4n) is 3.01. The van der Waals surface area contributed by atoms with Crippen LogP contribution in [0.25, 0.3) is 0 Å². The fourth-order valence-corrected chi connectivity index (χ4v) is 3.01. The molecule has 0 unspecified atom stereocenters. The first-order valence-electron chi connectivity index (χ1n) is 7.09. The molecule has 0 bridgehead atoms. The van der Waals surface area contributed by atoms with Crippen LogP contribution in [0.15, 0.2) is 12.4 Å². The minimum atomic E-state index is -0.406. The van der Waals surface area contributed by atoms with Gasteiger partial charge in [-0.05, 0) is 26.3 Å². The first-order valence-corrected chi connectivity index (χ1v) is 7.09. The number of carbonyl (C=O) groups excluding carboxylic acids is 1. The SMILES string of the molecule is Cc1cnc(CNC(=O)[C@@]23CCO[C@@H]2CCNC3)cn1. The van der Waals surface area contributed by atoms with Crippen LogP contribution in [-0.2, 0) is 16.1 Å². The summed E-state index contributed by atoms with van der Waals surface area (Å²) in [6.07, 6.45) is 5.15. The Morgan fingerprint density at radius 3 is 3.25 bits per heavy atom. The van der Waals surface area contributed by atoms with E-state index in [1.54, 1.807) is 12.4 Å². The predicted molar refractivity (Wildman–Crippen MR) is 72.9 cm³/mol. The maximum absolute atomic E-state index is 12.6. The number of aryl methyl sites for hydroxylation is 1. The number of nitrogens with one attached hydrogen (secondary N) is 2. The van der Waals surface area contributed by atoms with Gasteiger partial charge in [-0.2, -0.15) is 0 Å². The van der Waals surface area contributed by atoms with E-state index in [2.05, 4.69) is 20.6 Å². The van der Waals surface area contributed by atoms with Gasteiger partial charge in [-0.25, -0.2) is 0 Å². The van der Waals surface area contributed by atoms with E-state index >= 15 is 0 Å². The first kappa shape index (κ1) is 13.5. The maximum atomic E-state index is 12.6. The second kappa shape index (κ2) is 5.46. The normalized spacial score (nSPS) is 28.9. The number of hydrogen-bond donors (Lipinski definition) is 2. The third-order valence-electron chi connectivity index (χ3n) is 4.22. The number of amides is 1. The Kier molecular flexibility index (Phi) is 3.67. The molecule has 0 aliphatic carbocycles. The molecule has 6 nitrogen and oxygen atoms in total. The third kappa shape index (κ3) is 2.41. The first-order chi connectivity index (χ1) is 9.71. The molecule has 2 aliphatic heterocycles. The zero-order valence-corrected chi connectivity index (χ0v) is 11.7. The van der Waals surface area contributed by atoms with Crippen LogP contribution in [0.4, 0.5) is 0 Å². The molecule has 2 saturated heterocycles. The number of nitrogens with zero attached hydrogens (tertiary/aromatic N) is 2. The van der Waals surface area contributed by atoms with Gasteiger partial charge in [0.1, 0.15) is 0 Å². The van der Waals surface area contributed by atoms with Gasteiger partial charge in [0, 0.05) is 19.3 Å². The lowest BCUT2D eigenvalue weighted by molar-refractivity contribution is -0.135. The maximum Gasteiger partial charge on any atom is 0.230 e. The summed E-state index contributed by atoms with van der Waals surface area (Å²) in [5.41, 5.74) is 1.25. The van der Waals surface area contributed by atoms with E-state index in [0.717, 1.165) is 30.8 Å². The van der Waals surface area contributed by atoms with Gasteiger partial charge < -0.3 is 15.4 Å². The quantitative estimate of drug-likeness (QED) is 0.823. The molecule has 0 saturated carbocycles. The van der Waals surface area contributed by atoms with E-state index in [-0.39, 0.29) is 12.0 Å². The third-order valence-corrected chi connectivity index (χ3v) is 4.22.